The zero-order valence-electron chi connectivity index (χ0n) is 12.9. The fraction of sp³-hybridized carbons (Fsp3) is 0.167. The van der Waals surface area contributed by atoms with Crippen LogP contribution in [0.15, 0.2) is 40.9 Å². The lowest BCUT2D eigenvalue weighted by Gasteiger charge is -2.06. The van der Waals surface area contributed by atoms with E-state index < -0.39 is 0 Å². The number of nitriles is 1. The second-order valence-corrected chi connectivity index (χ2v) is 5.47. The fourth-order valence-electron chi connectivity index (χ4n) is 2.68. The van der Waals surface area contributed by atoms with E-state index >= 15 is 0 Å². The summed E-state index contributed by atoms with van der Waals surface area (Å²) < 4.78 is 5.32. The average molecular weight is 305 g/mol. The Hall–Kier alpha value is -3.13. The zero-order valence-corrected chi connectivity index (χ0v) is 12.9. The van der Waals surface area contributed by atoms with Gasteiger partial charge in [-0.1, -0.05) is 23.4 Å². The highest BCUT2D eigenvalue weighted by atomic mass is 16.5. The molecule has 3 aromatic rings. The Balaban J connectivity index is 1.85. The van der Waals surface area contributed by atoms with E-state index in [0.717, 1.165) is 16.5 Å². The molecule has 0 aliphatic rings. The molecule has 0 saturated carbocycles. The number of benzene rings is 2. The maximum absolute atomic E-state index is 12.3. The van der Waals surface area contributed by atoms with Gasteiger partial charge in [-0.25, -0.2) is 0 Å². The largest absolute Gasteiger partial charge is 0.356 e. The molecule has 0 saturated heterocycles. The van der Waals surface area contributed by atoms with Crippen LogP contribution in [0.5, 0.6) is 0 Å². The lowest BCUT2D eigenvalue weighted by Crippen LogP contribution is -2.15. The monoisotopic (exact) mass is 305 g/mol. The molecule has 0 atom stereocenters. The smallest absolute Gasteiger partial charge is 0.230 e. The van der Waals surface area contributed by atoms with Crippen LogP contribution >= 0.6 is 0 Å². The number of nitrogens with one attached hydrogen (secondary N) is 1. The number of carbonyl (C=O) groups is 1. The summed E-state index contributed by atoms with van der Waals surface area (Å²) in [5, 5.41) is 16.7. The Kier molecular flexibility index (Phi) is 3.82. The van der Waals surface area contributed by atoms with Crippen LogP contribution in [0.25, 0.3) is 11.0 Å². The lowest BCUT2D eigenvalue weighted by molar-refractivity contribution is -0.115. The van der Waals surface area contributed by atoms with Crippen LogP contribution in [0, 0.1) is 25.2 Å². The number of nitrogens with zero attached hydrogens (tertiary/aromatic N) is 2. The Morgan fingerprint density at radius 1 is 1.30 bits per heavy atom. The van der Waals surface area contributed by atoms with Crippen LogP contribution in [0.4, 0.5) is 5.69 Å². The molecule has 5 heteroatoms. The SMILES string of the molecule is Cc1cc(C)c2c(CC(=O)Nc3ccccc3C#N)noc2c1. The molecule has 0 unspecified atom stereocenters. The molecule has 0 aliphatic carbocycles. The van der Waals surface area contributed by atoms with Crippen molar-refractivity contribution in [1.82, 2.24) is 5.16 Å². The Labute approximate surface area is 133 Å². The molecule has 0 bridgehead atoms. The summed E-state index contributed by atoms with van der Waals surface area (Å²) in [5.74, 6) is -0.233. The first-order chi connectivity index (χ1) is 11.1. The molecule has 3 rings (SSSR count). The number of amides is 1. The van der Waals surface area contributed by atoms with Gasteiger partial charge in [-0.05, 0) is 43.2 Å². The van der Waals surface area contributed by atoms with Gasteiger partial charge < -0.3 is 9.84 Å². The zero-order chi connectivity index (χ0) is 16.4. The molecule has 0 aliphatic heterocycles. The molecule has 2 aromatic carbocycles. The van der Waals surface area contributed by atoms with Gasteiger partial charge in [0.05, 0.1) is 17.7 Å². The molecule has 0 radical (unpaired) electrons. The van der Waals surface area contributed by atoms with Crippen molar-refractivity contribution >= 4 is 22.6 Å². The quantitative estimate of drug-likeness (QED) is 0.803. The minimum absolute atomic E-state index is 0.0939. The Morgan fingerprint density at radius 3 is 2.87 bits per heavy atom. The van der Waals surface area contributed by atoms with Crippen molar-refractivity contribution in [3.05, 3.63) is 58.8 Å². The van der Waals surface area contributed by atoms with Gasteiger partial charge in [-0.15, -0.1) is 0 Å². The highest BCUT2D eigenvalue weighted by Gasteiger charge is 2.15. The van der Waals surface area contributed by atoms with Gasteiger partial charge in [-0.2, -0.15) is 5.26 Å². The second-order valence-electron chi connectivity index (χ2n) is 5.47. The summed E-state index contributed by atoms with van der Waals surface area (Å²) in [7, 11) is 0. The predicted octanol–water partition coefficient (Wildman–Crippen LogP) is 3.50. The minimum Gasteiger partial charge on any atom is -0.356 e. The maximum Gasteiger partial charge on any atom is 0.230 e. The van der Waals surface area contributed by atoms with Crippen molar-refractivity contribution in [2.75, 3.05) is 5.32 Å². The third-order valence-electron chi connectivity index (χ3n) is 3.64. The molecule has 114 valence electrons. The van der Waals surface area contributed by atoms with Crippen LogP contribution < -0.4 is 5.32 Å². The number of anilines is 1. The number of hydrogen-bond donors (Lipinski definition) is 1. The molecule has 1 heterocycles. The van der Waals surface area contributed by atoms with Gasteiger partial charge >= 0.3 is 0 Å². The third kappa shape index (κ3) is 2.92. The van der Waals surface area contributed by atoms with Gasteiger partial charge in [0.25, 0.3) is 0 Å². The van der Waals surface area contributed by atoms with Crippen molar-refractivity contribution < 1.29 is 9.32 Å². The van der Waals surface area contributed by atoms with E-state index in [9.17, 15) is 4.79 Å². The number of hydrogen-bond acceptors (Lipinski definition) is 4. The van der Waals surface area contributed by atoms with E-state index in [4.69, 9.17) is 9.78 Å². The van der Waals surface area contributed by atoms with Gasteiger partial charge in [0.2, 0.25) is 5.91 Å². The van der Waals surface area contributed by atoms with E-state index in [1.807, 2.05) is 26.0 Å². The highest BCUT2D eigenvalue weighted by molar-refractivity contribution is 5.96. The lowest BCUT2D eigenvalue weighted by atomic mass is 10.0. The maximum atomic E-state index is 12.3. The summed E-state index contributed by atoms with van der Waals surface area (Å²) in [6.45, 7) is 3.96. The first kappa shape index (κ1) is 14.8. The van der Waals surface area contributed by atoms with E-state index in [2.05, 4.69) is 16.5 Å². The van der Waals surface area contributed by atoms with E-state index in [-0.39, 0.29) is 12.3 Å². The number of aromatic nitrogens is 1. The third-order valence-corrected chi connectivity index (χ3v) is 3.64. The second kappa shape index (κ2) is 5.93. The Bertz CT molecular complexity index is 935. The predicted molar refractivity (Wildman–Crippen MR) is 87.0 cm³/mol. The van der Waals surface area contributed by atoms with Crippen molar-refractivity contribution in [3.8, 4) is 6.07 Å². The molecule has 23 heavy (non-hydrogen) atoms. The summed E-state index contributed by atoms with van der Waals surface area (Å²) in [6.07, 6.45) is 0.0939. The van der Waals surface area contributed by atoms with Gasteiger partial charge in [0, 0.05) is 5.39 Å². The van der Waals surface area contributed by atoms with Crippen LogP contribution in [-0.4, -0.2) is 11.1 Å². The van der Waals surface area contributed by atoms with Crippen LogP contribution in [0.2, 0.25) is 0 Å². The summed E-state index contributed by atoms with van der Waals surface area (Å²) in [5.41, 5.74) is 4.33. The fourth-order valence-corrected chi connectivity index (χ4v) is 2.68. The molecule has 1 N–H and O–H groups in total. The van der Waals surface area contributed by atoms with E-state index in [1.165, 1.54) is 0 Å². The van der Waals surface area contributed by atoms with Crippen LogP contribution in [-0.2, 0) is 11.2 Å². The van der Waals surface area contributed by atoms with Crippen molar-refractivity contribution in [2.45, 2.75) is 20.3 Å². The number of carbonyl (C=O) groups excluding carboxylic acids is 1. The molecule has 0 spiro atoms. The Morgan fingerprint density at radius 2 is 2.09 bits per heavy atom. The van der Waals surface area contributed by atoms with Gasteiger partial charge in [-0.3, -0.25) is 4.79 Å². The standard InChI is InChI=1S/C18H15N3O2/c1-11-7-12(2)18-15(21-23-16(18)8-11)9-17(22)20-14-6-4-3-5-13(14)10-19/h3-8H,9H2,1-2H3,(H,20,22). The van der Waals surface area contributed by atoms with Gasteiger partial charge in [0.15, 0.2) is 5.58 Å². The molecule has 0 fully saturated rings. The normalized spacial score (nSPS) is 10.5. The number of aryl methyl sites for hydroxylation is 2. The van der Waals surface area contributed by atoms with Crippen molar-refractivity contribution in [3.63, 3.8) is 0 Å². The first-order valence-electron chi connectivity index (χ1n) is 7.23. The molecule has 1 aromatic heterocycles. The number of para-hydroxylation sites is 1. The molecule has 5 nitrogen and oxygen atoms in total. The van der Waals surface area contributed by atoms with Crippen molar-refractivity contribution in [2.24, 2.45) is 0 Å². The average Bonchev–Trinajstić information content (AvgIpc) is 2.90. The minimum atomic E-state index is -0.233. The summed E-state index contributed by atoms with van der Waals surface area (Å²) in [4.78, 5) is 12.3. The van der Waals surface area contributed by atoms with Crippen molar-refractivity contribution in [1.29, 1.82) is 5.26 Å². The van der Waals surface area contributed by atoms with Crippen LogP contribution in [0.3, 0.4) is 0 Å². The van der Waals surface area contributed by atoms with Gasteiger partial charge in [0.1, 0.15) is 11.8 Å². The molecule has 1 amide bonds. The van der Waals surface area contributed by atoms with E-state index in [0.29, 0.717) is 22.5 Å². The first-order valence-corrected chi connectivity index (χ1v) is 7.23. The summed E-state index contributed by atoms with van der Waals surface area (Å²) in [6, 6.07) is 12.9. The summed E-state index contributed by atoms with van der Waals surface area (Å²) >= 11 is 0. The number of fused-ring (bicyclic) bond motifs is 1. The highest BCUT2D eigenvalue weighted by Crippen LogP contribution is 2.25. The van der Waals surface area contributed by atoms with Crippen LogP contribution in [0.1, 0.15) is 22.4 Å². The molecular weight excluding hydrogens is 290 g/mol. The molecular formula is C18H15N3O2. The topological polar surface area (TPSA) is 78.9 Å². The van der Waals surface area contributed by atoms with E-state index in [1.54, 1.807) is 24.3 Å². The number of rotatable bonds is 3.